The zero-order valence-corrected chi connectivity index (χ0v) is 13.1. The van der Waals surface area contributed by atoms with Gasteiger partial charge in [-0.3, -0.25) is 0 Å². The van der Waals surface area contributed by atoms with Gasteiger partial charge in [0, 0.05) is 23.9 Å². The number of carbonyl (C=O) groups excluding carboxylic acids is 1. The van der Waals surface area contributed by atoms with E-state index in [1.54, 1.807) is 45.0 Å². The highest BCUT2D eigenvalue weighted by atomic mass is 35.5. The highest BCUT2D eigenvalue weighted by Gasteiger charge is 2.20. The number of hydrogen-bond donors (Lipinski definition) is 1. The largest absolute Gasteiger partial charge is 0.444 e. The molecule has 6 heteroatoms. The molecule has 118 valence electrons. The Morgan fingerprint density at radius 2 is 1.86 bits per heavy atom. The summed E-state index contributed by atoms with van der Waals surface area (Å²) in [6, 6.07) is 6.66. The highest BCUT2D eigenvalue weighted by molar-refractivity contribution is 6.30. The fraction of sp³-hybridized carbons (Fsp3) is 0.533. The number of hydrogen-bond acceptors (Lipinski definition) is 2. The van der Waals surface area contributed by atoms with E-state index < -0.39 is 24.0 Å². The van der Waals surface area contributed by atoms with Gasteiger partial charge in [-0.2, -0.15) is 0 Å². The SMILES string of the molecule is CC(C)(C)OC(=O)NCC(CC(F)F)c1ccc(Cl)cc1. The molecule has 1 aromatic rings. The van der Waals surface area contributed by atoms with E-state index in [-0.39, 0.29) is 13.0 Å². The van der Waals surface area contributed by atoms with E-state index in [0.717, 1.165) is 0 Å². The van der Waals surface area contributed by atoms with E-state index in [4.69, 9.17) is 16.3 Å². The average molecular weight is 320 g/mol. The number of benzene rings is 1. The Morgan fingerprint density at radius 3 is 2.33 bits per heavy atom. The molecule has 0 saturated heterocycles. The Kier molecular flexibility index (Phi) is 6.40. The van der Waals surface area contributed by atoms with Crippen LogP contribution in [0.5, 0.6) is 0 Å². The highest BCUT2D eigenvalue weighted by Crippen LogP contribution is 2.24. The molecule has 0 spiro atoms. The molecule has 1 rings (SSSR count). The summed E-state index contributed by atoms with van der Waals surface area (Å²) in [5.74, 6) is -0.491. The van der Waals surface area contributed by atoms with Crippen molar-refractivity contribution < 1.29 is 18.3 Å². The lowest BCUT2D eigenvalue weighted by molar-refractivity contribution is 0.0515. The lowest BCUT2D eigenvalue weighted by Gasteiger charge is -2.22. The van der Waals surface area contributed by atoms with E-state index in [0.29, 0.717) is 10.6 Å². The van der Waals surface area contributed by atoms with Crippen molar-refractivity contribution in [1.82, 2.24) is 5.32 Å². The lowest BCUT2D eigenvalue weighted by atomic mass is 9.96. The van der Waals surface area contributed by atoms with E-state index in [1.807, 2.05) is 0 Å². The molecule has 1 unspecified atom stereocenters. The predicted molar refractivity (Wildman–Crippen MR) is 79.1 cm³/mol. The number of rotatable bonds is 5. The van der Waals surface area contributed by atoms with E-state index in [1.165, 1.54) is 0 Å². The quantitative estimate of drug-likeness (QED) is 0.861. The van der Waals surface area contributed by atoms with Crippen LogP contribution in [0.25, 0.3) is 0 Å². The maximum atomic E-state index is 12.7. The molecule has 0 heterocycles. The number of alkyl halides is 2. The van der Waals surface area contributed by atoms with Crippen molar-refractivity contribution in [3.63, 3.8) is 0 Å². The molecule has 0 radical (unpaired) electrons. The van der Waals surface area contributed by atoms with Gasteiger partial charge in [0.1, 0.15) is 5.60 Å². The summed E-state index contributed by atoms with van der Waals surface area (Å²) in [6.07, 6.45) is -3.40. The van der Waals surface area contributed by atoms with Gasteiger partial charge in [-0.1, -0.05) is 23.7 Å². The number of alkyl carbamates (subject to hydrolysis) is 1. The van der Waals surface area contributed by atoms with Crippen molar-refractivity contribution >= 4 is 17.7 Å². The number of ether oxygens (including phenoxy) is 1. The number of amides is 1. The van der Waals surface area contributed by atoms with Crippen LogP contribution in [0, 0.1) is 0 Å². The first-order chi connectivity index (χ1) is 9.67. The van der Waals surface area contributed by atoms with E-state index in [9.17, 15) is 13.6 Å². The van der Waals surface area contributed by atoms with Crippen LogP contribution in [0.3, 0.4) is 0 Å². The third-order valence-electron chi connectivity index (χ3n) is 2.70. The maximum absolute atomic E-state index is 12.7. The van der Waals surface area contributed by atoms with Crippen molar-refractivity contribution in [3.05, 3.63) is 34.9 Å². The molecule has 1 aromatic carbocycles. The van der Waals surface area contributed by atoms with E-state index in [2.05, 4.69) is 5.32 Å². The third-order valence-corrected chi connectivity index (χ3v) is 2.95. The van der Waals surface area contributed by atoms with Gasteiger partial charge in [0.15, 0.2) is 0 Å². The van der Waals surface area contributed by atoms with Crippen LogP contribution in [0.15, 0.2) is 24.3 Å². The van der Waals surface area contributed by atoms with Gasteiger partial charge >= 0.3 is 6.09 Å². The van der Waals surface area contributed by atoms with Gasteiger partial charge < -0.3 is 10.1 Å². The van der Waals surface area contributed by atoms with Crippen LogP contribution >= 0.6 is 11.6 Å². The molecule has 0 aliphatic carbocycles. The minimum atomic E-state index is -2.45. The number of halogens is 3. The fourth-order valence-electron chi connectivity index (χ4n) is 1.81. The van der Waals surface area contributed by atoms with Gasteiger partial charge in [0.2, 0.25) is 6.43 Å². The standard InChI is InChI=1S/C15H20ClF2NO2/c1-15(2,3)21-14(20)19-9-11(8-13(17)18)10-4-6-12(16)7-5-10/h4-7,11,13H,8-9H2,1-3H3,(H,19,20). The van der Waals surface area contributed by atoms with Gasteiger partial charge in [-0.15, -0.1) is 0 Å². The first kappa shape index (κ1) is 17.7. The average Bonchev–Trinajstić information content (AvgIpc) is 2.33. The summed E-state index contributed by atoms with van der Waals surface area (Å²) in [5.41, 5.74) is 0.0820. The summed E-state index contributed by atoms with van der Waals surface area (Å²) in [7, 11) is 0. The molecule has 21 heavy (non-hydrogen) atoms. The smallest absolute Gasteiger partial charge is 0.407 e. The van der Waals surface area contributed by atoms with Crippen LogP contribution < -0.4 is 5.32 Å². The lowest BCUT2D eigenvalue weighted by Crippen LogP contribution is -2.35. The van der Waals surface area contributed by atoms with Crippen molar-refractivity contribution in [1.29, 1.82) is 0 Å². The second-order valence-corrected chi connectivity index (χ2v) is 6.19. The Balaban J connectivity index is 2.66. The molecule has 1 atom stereocenters. The molecule has 0 aliphatic heterocycles. The topological polar surface area (TPSA) is 38.3 Å². The van der Waals surface area contributed by atoms with Crippen LogP contribution in [-0.2, 0) is 4.74 Å². The Labute approximate surface area is 128 Å². The summed E-state index contributed by atoms with van der Waals surface area (Å²) < 4.78 is 30.4. The van der Waals surface area contributed by atoms with Gasteiger partial charge in [0.25, 0.3) is 0 Å². The summed E-state index contributed by atoms with van der Waals surface area (Å²) >= 11 is 5.78. The van der Waals surface area contributed by atoms with Gasteiger partial charge in [-0.25, -0.2) is 13.6 Å². The zero-order valence-electron chi connectivity index (χ0n) is 12.3. The third kappa shape index (κ3) is 7.27. The first-order valence-corrected chi connectivity index (χ1v) is 7.05. The second kappa shape index (κ2) is 7.59. The molecule has 0 aromatic heterocycles. The molecule has 1 amide bonds. The summed E-state index contributed by atoms with van der Waals surface area (Å²) in [4.78, 5) is 11.6. The van der Waals surface area contributed by atoms with Crippen molar-refractivity contribution in [2.24, 2.45) is 0 Å². The molecule has 1 N–H and O–H groups in total. The molecular weight excluding hydrogens is 300 g/mol. The van der Waals surface area contributed by atoms with Crippen molar-refractivity contribution in [3.8, 4) is 0 Å². The summed E-state index contributed by atoms with van der Waals surface area (Å²) in [5, 5.41) is 3.07. The minimum Gasteiger partial charge on any atom is -0.444 e. The second-order valence-electron chi connectivity index (χ2n) is 5.76. The Bertz CT molecular complexity index is 458. The number of nitrogens with one attached hydrogen (secondary N) is 1. The molecule has 0 saturated carbocycles. The van der Waals surface area contributed by atoms with E-state index >= 15 is 0 Å². The maximum Gasteiger partial charge on any atom is 0.407 e. The Morgan fingerprint density at radius 1 is 1.29 bits per heavy atom. The van der Waals surface area contributed by atoms with Crippen LogP contribution in [0.1, 0.15) is 38.7 Å². The number of carbonyl (C=O) groups is 1. The van der Waals surface area contributed by atoms with Gasteiger partial charge in [-0.05, 0) is 38.5 Å². The monoisotopic (exact) mass is 319 g/mol. The predicted octanol–water partition coefficient (Wildman–Crippen LogP) is 4.60. The van der Waals surface area contributed by atoms with Crippen LogP contribution in [-0.4, -0.2) is 24.7 Å². The first-order valence-electron chi connectivity index (χ1n) is 6.68. The normalized spacial score (nSPS) is 13.1. The molecule has 0 bridgehead atoms. The Hall–Kier alpha value is -1.36. The fourth-order valence-corrected chi connectivity index (χ4v) is 1.93. The minimum absolute atomic E-state index is 0.0842. The zero-order chi connectivity index (χ0) is 16.0. The molecular formula is C15H20ClF2NO2. The molecule has 3 nitrogen and oxygen atoms in total. The van der Waals surface area contributed by atoms with Crippen molar-refractivity contribution in [2.75, 3.05) is 6.54 Å². The summed E-state index contributed by atoms with van der Waals surface area (Å²) in [6.45, 7) is 5.30. The van der Waals surface area contributed by atoms with Gasteiger partial charge in [0.05, 0.1) is 0 Å². The van der Waals surface area contributed by atoms with Crippen molar-refractivity contribution in [2.45, 2.75) is 45.1 Å². The van der Waals surface area contributed by atoms with Crippen LogP contribution in [0.4, 0.5) is 13.6 Å². The van der Waals surface area contributed by atoms with Crippen LogP contribution in [0.2, 0.25) is 5.02 Å². The molecule has 0 fully saturated rings. The molecule has 0 aliphatic rings.